The summed E-state index contributed by atoms with van der Waals surface area (Å²) in [5.74, 6) is -0.256. The number of hydrogen-bond acceptors (Lipinski definition) is 8. The zero-order chi connectivity index (χ0) is 21.7. The Morgan fingerprint density at radius 2 is 1.68 bits per heavy atom. The number of ether oxygens (including phenoxy) is 1. The second kappa shape index (κ2) is 9.20. The maximum Gasteiger partial charge on any atom is 0.243 e. The maximum absolute atomic E-state index is 12.6. The lowest BCUT2D eigenvalue weighted by Crippen LogP contribution is -2.40. The quantitative estimate of drug-likeness (QED) is 0.546. The van der Waals surface area contributed by atoms with Crippen molar-refractivity contribution in [1.29, 1.82) is 0 Å². The van der Waals surface area contributed by atoms with E-state index in [-0.39, 0.29) is 17.3 Å². The molecule has 11 nitrogen and oxygen atoms in total. The molecule has 12 heteroatoms. The van der Waals surface area contributed by atoms with Crippen LogP contribution in [-0.4, -0.2) is 71.7 Å². The first-order chi connectivity index (χ1) is 15.0. The average molecular weight is 443 g/mol. The number of nitrogens with one attached hydrogen (secondary N) is 2. The molecular weight excluding hydrogens is 422 g/mol. The molecule has 31 heavy (non-hydrogen) atoms. The average Bonchev–Trinajstić information content (AvgIpc) is 3.34. The van der Waals surface area contributed by atoms with Crippen LogP contribution in [0.2, 0.25) is 0 Å². The van der Waals surface area contributed by atoms with Gasteiger partial charge in [-0.3, -0.25) is 4.79 Å². The fourth-order valence-electron chi connectivity index (χ4n) is 3.05. The van der Waals surface area contributed by atoms with Crippen molar-refractivity contribution in [1.82, 2.24) is 24.5 Å². The molecule has 4 rings (SSSR count). The van der Waals surface area contributed by atoms with E-state index in [1.54, 1.807) is 12.1 Å². The summed E-state index contributed by atoms with van der Waals surface area (Å²) in [5, 5.41) is 16.8. The van der Waals surface area contributed by atoms with Gasteiger partial charge >= 0.3 is 0 Å². The van der Waals surface area contributed by atoms with Crippen molar-refractivity contribution in [3.8, 4) is 5.69 Å². The van der Waals surface area contributed by atoms with Crippen LogP contribution in [0.5, 0.6) is 0 Å². The molecule has 0 radical (unpaired) electrons. The predicted molar refractivity (Wildman–Crippen MR) is 112 cm³/mol. The number of benzene rings is 2. The molecule has 162 valence electrons. The lowest BCUT2D eigenvalue weighted by molar-refractivity contribution is -0.114. The molecule has 3 aromatic rings. The lowest BCUT2D eigenvalue weighted by Gasteiger charge is -2.26. The normalized spacial score (nSPS) is 14.8. The maximum atomic E-state index is 12.6. The van der Waals surface area contributed by atoms with E-state index < -0.39 is 10.0 Å². The van der Waals surface area contributed by atoms with Gasteiger partial charge in [0.25, 0.3) is 0 Å². The van der Waals surface area contributed by atoms with Gasteiger partial charge in [0.05, 0.1) is 30.3 Å². The minimum atomic E-state index is -3.56. The predicted octanol–water partition coefficient (Wildman–Crippen LogP) is 0.734. The molecule has 0 bridgehead atoms. The molecule has 1 aromatic heterocycles. The van der Waals surface area contributed by atoms with Crippen molar-refractivity contribution in [2.45, 2.75) is 4.90 Å². The number of hydrogen-bond donors (Lipinski definition) is 2. The Hall–Kier alpha value is -3.35. The highest BCUT2D eigenvalue weighted by atomic mass is 32.2. The molecule has 0 atom stereocenters. The highest BCUT2D eigenvalue weighted by Crippen LogP contribution is 2.19. The number of amides is 1. The van der Waals surface area contributed by atoms with Crippen molar-refractivity contribution in [3.05, 3.63) is 54.9 Å². The third-order valence-corrected chi connectivity index (χ3v) is 6.59. The lowest BCUT2D eigenvalue weighted by atomic mass is 10.3. The zero-order valence-electron chi connectivity index (χ0n) is 16.5. The fourth-order valence-corrected chi connectivity index (χ4v) is 4.45. The first kappa shape index (κ1) is 20.9. The molecular formula is C19H21N7O4S. The van der Waals surface area contributed by atoms with Gasteiger partial charge in [-0.15, -0.1) is 5.10 Å². The van der Waals surface area contributed by atoms with E-state index in [1.165, 1.54) is 27.4 Å². The number of rotatable bonds is 7. The van der Waals surface area contributed by atoms with Gasteiger partial charge in [0.2, 0.25) is 15.9 Å². The summed E-state index contributed by atoms with van der Waals surface area (Å²) >= 11 is 0. The van der Waals surface area contributed by atoms with Crippen LogP contribution in [0.25, 0.3) is 5.69 Å². The molecule has 0 unspecified atom stereocenters. The van der Waals surface area contributed by atoms with Gasteiger partial charge in [0.1, 0.15) is 6.33 Å². The monoisotopic (exact) mass is 443 g/mol. The number of carbonyl (C=O) groups excluding carboxylic acids is 1. The summed E-state index contributed by atoms with van der Waals surface area (Å²) in [5.41, 5.74) is 2.08. The first-order valence-electron chi connectivity index (χ1n) is 9.57. The standard InChI is InChI=1S/C19H21N7O4S/c27-19(13-20-15-1-5-17(6-2-15)26-14-21-23-24-26)22-16-3-7-18(8-4-16)31(28,29)25-9-11-30-12-10-25/h1-8,14,20H,9-13H2,(H,22,27). The third-order valence-electron chi connectivity index (χ3n) is 4.68. The van der Waals surface area contributed by atoms with Crippen LogP contribution in [0.15, 0.2) is 59.8 Å². The van der Waals surface area contributed by atoms with Gasteiger partial charge in [0, 0.05) is 24.5 Å². The van der Waals surface area contributed by atoms with E-state index in [4.69, 9.17) is 4.74 Å². The number of carbonyl (C=O) groups is 1. The summed E-state index contributed by atoms with van der Waals surface area (Å²) in [7, 11) is -3.56. The highest BCUT2D eigenvalue weighted by Gasteiger charge is 2.26. The SMILES string of the molecule is O=C(CNc1ccc(-n2cnnn2)cc1)Nc1ccc(S(=O)(=O)N2CCOCC2)cc1. The van der Waals surface area contributed by atoms with Gasteiger partial charge in [-0.05, 0) is 59.0 Å². The summed E-state index contributed by atoms with van der Waals surface area (Å²) in [4.78, 5) is 12.4. The molecule has 0 spiro atoms. The van der Waals surface area contributed by atoms with Crippen LogP contribution in [0.1, 0.15) is 0 Å². The van der Waals surface area contributed by atoms with Crippen molar-refractivity contribution in [2.75, 3.05) is 43.5 Å². The number of aromatic nitrogens is 4. The molecule has 1 saturated heterocycles. The van der Waals surface area contributed by atoms with E-state index in [9.17, 15) is 13.2 Å². The Morgan fingerprint density at radius 3 is 2.32 bits per heavy atom. The molecule has 2 heterocycles. The van der Waals surface area contributed by atoms with Gasteiger partial charge < -0.3 is 15.4 Å². The summed E-state index contributed by atoms with van der Waals surface area (Å²) in [6.07, 6.45) is 1.49. The van der Waals surface area contributed by atoms with E-state index in [0.717, 1.165) is 11.4 Å². The Balaban J connectivity index is 1.30. The highest BCUT2D eigenvalue weighted by molar-refractivity contribution is 7.89. The molecule has 1 aliphatic rings. The fraction of sp³-hybridized carbons (Fsp3) is 0.263. The minimum Gasteiger partial charge on any atom is -0.379 e. The van der Waals surface area contributed by atoms with Crippen molar-refractivity contribution in [3.63, 3.8) is 0 Å². The molecule has 2 aromatic carbocycles. The molecule has 1 amide bonds. The van der Waals surface area contributed by atoms with E-state index >= 15 is 0 Å². The topological polar surface area (TPSA) is 131 Å². The summed E-state index contributed by atoms with van der Waals surface area (Å²) < 4.78 is 33.4. The van der Waals surface area contributed by atoms with Crippen LogP contribution in [0, 0.1) is 0 Å². The molecule has 1 fully saturated rings. The van der Waals surface area contributed by atoms with Gasteiger partial charge in [-0.2, -0.15) is 4.31 Å². The van der Waals surface area contributed by atoms with E-state index in [1.807, 2.05) is 24.3 Å². The number of nitrogens with zero attached hydrogens (tertiary/aromatic N) is 5. The number of tetrazole rings is 1. The van der Waals surface area contributed by atoms with E-state index in [2.05, 4.69) is 26.2 Å². The van der Waals surface area contributed by atoms with Crippen LogP contribution in [-0.2, 0) is 19.6 Å². The number of sulfonamides is 1. The number of anilines is 2. The second-order valence-electron chi connectivity index (χ2n) is 6.74. The van der Waals surface area contributed by atoms with Crippen LogP contribution in [0.3, 0.4) is 0 Å². The smallest absolute Gasteiger partial charge is 0.243 e. The third kappa shape index (κ3) is 5.05. The second-order valence-corrected chi connectivity index (χ2v) is 8.68. The Kier molecular flexibility index (Phi) is 6.21. The van der Waals surface area contributed by atoms with Crippen LogP contribution < -0.4 is 10.6 Å². The van der Waals surface area contributed by atoms with Crippen molar-refractivity contribution in [2.24, 2.45) is 0 Å². The Bertz CT molecular complexity index is 1110. The largest absolute Gasteiger partial charge is 0.379 e. The van der Waals surface area contributed by atoms with Gasteiger partial charge in [0.15, 0.2) is 0 Å². The van der Waals surface area contributed by atoms with E-state index in [0.29, 0.717) is 32.0 Å². The Labute approximate surface area is 179 Å². The van der Waals surface area contributed by atoms with Crippen molar-refractivity contribution >= 4 is 27.3 Å². The van der Waals surface area contributed by atoms with Crippen molar-refractivity contribution < 1.29 is 17.9 Å². The molecule has 0 aliphatic carbocycles. The number of morpholine rings is 1. The molecule has 2 N–H and O–H groups in total. The minimum absolute atomic E-state index is 0.0536. The Morgan fingerprint density at radius 1 is 1.00 bits per heavy atom. The van der Waals surface area contributed by atoms with Gasteiger partial charge in [-0.1, -0.05) is 0 Å². The molecule has 1 aliphatic heterocycles. The summed E-state index contributed by atoms with van der Waals surface area (Å²) in [6.45, 7) is 1.51. The van der Waals surface area contributed by atoms with Crippen LogP contribution >= 0.6 is 0 Å². The first-order valence-corrected chi connectivity index (χ1v) is 11.0. The zero-order valence-corrected chi connectivity index (χ0v) is 17.3. The van der Waals surface area contributed by atoms with Gasteiger partial charge in [-0.25, -0.2) is 13.1 Å². The summed E-state index contributed by atoms with van der Waals surface area (Å²) in [6, 6.07) is 13.4. The molecule has 0 saturated carbocycles. The van der Waals surface area contributed by atoms with Crippen LogP contribution in [0.4, 0.5) is 11.4 Å².